The summed E-state index contributed by atoms with van der Waals surface area (Å²) in [6.07, 6.45) is 0. The molecule has 5 nitrogen and oxygen atoms in total. The van der Waals surface area contributed by atoms with Crippen molar-refractivity contribution in [1.82, 2.24) is 4.98 Å². The van der Waals surface area contributed by atoms with Gasteiger partial charge < -0.3 is 10.1 Å². The normalized spacial score (nSPS) is 10.3. The Balaban J connectivity index is 2.22. The van der Waals surface area contributed by atoms with Crippen molar-refractivity contribution in [2.45, 2.75) is 13.8 Å². The fourth-order valence-corrected chi connectivity index (χ4v) is 3.16. The van der Waals surface area contributed by atoms with Gasteiger partial charge in [-0.1, -0.05) is 0 Å². The second-order valence-electron chi connectivity index (χ2n) is 3.76. The average Bonchev–Trinajstić information content (AvgIpc) is 2.95. The van der Waals surface area contributed by atoms with Crippen LogP contribution in [0.2, 0.25) is 0 Å². The monoisotopic (exact) mass is 296 g/mol. The maximum atomic E-state index is 12.1. The number of nitrogens with zero attached hydrogens (tertiary/aromatic N) is 1. The number of rotatable bonds is 3. The lowest BCUT2D eigenvalue weighted by molar-refractivity contribution is 0.0602. The first-order valence-corrected chi connectivity index (χ1v) is 7.13. The smallest absolute Gasteiger partial charge is 0.340 e. The average molecular weight is 296 g/mol. The fraction of sp³-hybridized carbons (Fsp3) is 0.250. The van der Waals surface area contributed by atoms with Gasteiger partial charge in [-0.3, -0.25) is 4.79 Å². The molecule has 2 rings (SSSR count). The molecule has 0 saturated carbocycles. The van der Waals surface area contributed by atoms with Gasteiger partial charge in [-0.05, 0) is 25.3 Å². The van der Waals surface area contributed by atoms with E-state index < -0.39 is 5.97 Å². The number of ether oxygens (including phenoxy) is 1. The van der Waals surface area contributed by atoms with Crippen LogP contribution in [-0.4, -0.2) is 24.0 Å². The summed E-state index contributed by atoms with van der Waals surface area (Å²) in [4.78, 5) is 28.4. The number of aryl methyl sites for hydroxylation is 2. The number of esters is 1. The maximum absolute atomic E-state index is 12.1. The van der Waals surface area contributed by atoms with Crippen molar-refractivity contribution in [3.05, 3.63) is 32.6 Å². The van der Waals surface area contributed by atoms with Gasteiger partial charge >= 0.3 is 5.97 Å². The van der Waals surface area contributed by atoms with Crippen LogP contribution in [0, 0.1) is 13.8 Å². The lowest BCUT2D eigenvalue weighted by atomic mass is 10.3. The number of carbonyl (C=O) groups is 2. The Bertz CT molecular complexity index is 631. The highest BCUT2D eigenvalue weighted by Crippen LogP contribution is 2.26. The third-order valence-corrected chi connectivity index (χ3v) is 4.31. The molecule has 19 heavy (non-hydrogen) atoms. The molecule has 0 fully saturated rings. The second-order valence-corrected chi connectivity index (χ2v) is 5.88. The lowest BCUT2D eigenvalue weighted by Gasteiger charge is -2.04. The summed E-state index contributed by atoms with van der Waals surface area (Å²) in [7, 11) is 1.31. The largest absolute Gasteiger partial charge is 0.465 e. The zero-order chi connectivity index (χ0) is 14.0. The summed E-state index contributed by atoms with van der Waals surface area (Å²) in [5, 5.41) is 5.78. The molecule has 7 heteroatoms. The summed E-state index contributed by atoms with van der Waals surface area (Å²) in [5.41, 5.74) is 1.05. The minimum absolute atomic E-state index is 0.254. The Morgan fingerprint density at radius 1 is 1.37 bits per heavy atom. The first-order valence-electron chi connectivity index (χ1n) is 5.44. The summed E-state index contributed by atoms with van der Waals surface area (Å²) >= 11 is 2.61. The van der Waals surface area contributed by atoms with Gasteiger partial charge in [0, 0.05) is 0 Å². The molecule has 100 valence electrons. The van der Waals surface area contributed by atoms with Crippen molar-refractivity contribution in [3.8, 4) is 0 Å². The molecule has 0 spiro atoms. The molecule has 2 aromatic heterocycles. The second kappa shape index (κ2) is 5.50. The van der Waals surface area contributed by atoms with E-state index in [1.54, 1.807) is 18.4 Å². The zero-order valence-corrected chi connectivity index (χ0v) is 12.3. The van der Waals surface area contributed by atoms with E-state index in [0.717, 1.165) is 5.01 Å². The summed E-state index contributed by atoms with van der Waals surface area (Å²) in [6.45, 7) is 3.63. The van der Waals surface area contributed by atoms with Crippen molar-refractivity contribution < 1.29 is 14.3 Å². The first-order chi connectivity index (χ1) is 9.02. The van der Waals surface area contributed by atoms with E-state index in [2.05, 4.69) is 15.0 Å². The van der Waals surface area contributed by atoms with E-state index in [1.165, 1.54) is 29.8 Å². The number of anilines is 1. The van der Waals surface area contributed by atoms with Crippen molar-refractivity contribution in [2.75, 3.05) is 12.4 Å². The van der Waals surface area contributed by atoms with Crippen LogP contribution >= 0.6 is 22.7 Å². The molecule has 0 unspecified atom stereocenters. The molecule has 1 N–H and O–H groups in total. The zero-order valence-electron chi connectivity index (χ0n) is 10.6. The van der Waals surface area contributed by atoms with Crippen LogP contribution in [0.3, 0.4) is 0 Å². The number of carbonyl (C=O) groups excluding carboxylic acids is 2. The van der Waals surface area contributed by atoms with Crippen molar-refractivity contribution >= 4 is 39.6 Å². The highest BCUT2D eigenvalue weighted by molar-refractivity contribution is 7.15. The van der Waals surface area contributed by atoms with Crippen LogP contribution in [0.5, 0.6) is 0 Å². The van der Waals surface area contributed by atoms with E-state index in [0.29, 0.717) is 21.1 Å². The summed E-state index contributed by atoms with van der Waals surface area (Å²) in [5.74, 6) is -0.718. The number of methoxy groups -OCH3 is 1. The van der Waals surface area contributed by atoms with Crippen molar-refractivity contribution in [1.29, 1.82) is 0 Å². The van der Waals surface area contributed by atoms with Gasteiger partial charge in [0.2, 0.25) is 0 Å². The molecule has 2 aromatic rings. The number of nitrogens with one attached hydrogen (secondary N) is 1. The van der Waals surface area contributed by atoms with E-state index in [9.17, 15) is 9.59 Å². The minimum atomic E-state index is -0.464. The van der Waals surface area contributed by atoms with Gasteiger partial charge in [-0.2, -0.15) is 0 Å². The van der Waals surface area contributed by atoms with Crippen LogP contribution in [0.4, 0.5) is 5.00 Å². The molecule has 0 aromatic carbocycles. The van der Waals surface area contributed by atoms with Crippen LogP contribution in [0.25, 0.3) is 0 Å². The predicted molar refractivity (Wildman–Crippen MR) is 75.2 cm³/mol. The van der Waals surface area contributed by atoms with Crippen LogP contribution in [0.1, 0.15) is 30.7 Å². The Morgan fingerprint density at radius 2 is 2.11 bits per heavy atom. The Morgan fingerprint density at radius 3 is 2.68 bits per heavy atom. The molecule has 1 amide bonds. The Labute approximate surface area is 118 Å². The predicted octanol–water partition coefficient (Wildman–Crippen LogP) is 2.86. The molecule has 0 aliphatic carbocycles. The van der Waals surface area contributed by atoms with E-state index in [1.807, 2.05) is 6.92 Å². The molecular formula is C12H12N2O3S2. The van der Waals surface area contributed by atoms with Crippen molar-refractivity contribution in [3.63, 3.8) is 0 Å². The molecule has 0 aliphatic heterocycles. The number of amides is 1. The van der Waals surface area contributed by atoms with Crippen LogP contribution in [-0.2, 0) is 4.74 Å². The number of hydrogen-bond acceptors (Lipinski definition) is 6. The SMILES string of the molecule is COC(=O)c1ccsc1NC(=O)c1sc(C)nc1C. The first kappa shape index (κ1) is 13.7. The standard InChI is InChI=1S/C12H12N2O3S2/c1-6-9(19-7(2)13-6)10(15)14-11-8(4-5-18-11)12(16)17-3/h4-5H,1-3H3,(H,14,15). The summed E-state index contributed by atoms with van der Waals surface area (Å²) in [6, 6.07) is 1.62. The van der Waals surface area contributed by atoms with Gasteiger partial charge in [-0.25, -0.2) is 9.78 Å². The quantitative estimate of drug-likeness (QED) is 0.884. The third kappa shape index (κ3) is 2.82. The Hall–Kier alpha value is -1.73. The van der Waals surface area contributed by atoms with Gasteiger partial charge in [0.15, 0.2) is 0 Å². The van der Waals surface area contributed by atoms with E-state index >= 15 is 0 Å². The topological polar surface area (TPSA) is 68.3 Å². The molecule has 0 bridgehead atoms. The number of thiophene rings is 1. The molecule has 0 saturated heterocycles. The highest BCUT2D eigenvalue weighted by atomic mass is 32.1. The van der Waals surface area contributed by atoms with E-state index in [-0.39, 0.29) is 5.91 Å². The molecule has 0 radical (unpaired) electrons. The van der Waals surface area contributed by atoms with Crippen LogP contribution < -0.4 is 5.32 Å². The third-order valence-electron chi connectivity index (χ3n) is 2.41. The van der Waals surface area contributed by atoms with E-state index in [4.69, 9.17) is 0 Å². The Kier molecular flexibility index (Phi) is 3.96. The molecule has 0 aliphatic rings. The van der Waals surface area contributed by atoms with Crippen molar-refractivity contribution in [2.24, 2.45) is 0 Å². The minimum Gasteiger partial charge on any atom is -0.465 e. The number of aromatic nitrogens is 1. The van der Waals surface area contributed by atoms with Crippen LogP contribution in [0.15, 0.2) is 11.4 Å². The number of hydrogen-bond donors (Lipinski definition) is 1. The fourth-order valence-electron chi connectivity index (χ4n) is 1.58. The molecule has 0 atom stereocenters. The highest BCUT2D eigenvalue weighted by Gasteiger charge is 2.19. The molecular weight excluding hydrogens is 284 g/mol. The molecule has 2 heterocycles. The van der Waals surface area contributed by atoms with Gasteiger partial charge in [-0.15, -0.1) is 22.7 Å². The van der Waals surface area contributed by atoms with Gasteiger partial charge in [0.05, 0.1) is 23.4 Å². The van der Waals surface area contributed by atoms with Gasteiger partial charge in [0.1, 0.15) is 9.88 Å². The maximum Gasteiger partial charge on any atom is 0.340 e. The summed E-state index contributed by atoms with van der Waals surface area (Å²) < 4.78 is 4.66. The lowest BCUT2D eigenvalue weighted by Crippen LogP contribution is -2.13. The van der Waals surface area contributed by atoms with Gasteiger partial charge in [0.25, 0.3) is 5.91 Å². The number of thiazole rings is 1.